The van der Waals surface area contributed by atoms with E-state index in [9.17, 15) is 18.0 Å². The van der Waals surface area contributed by atoms with Crippen LogP contribution in [-0.2, 0) is 17.8 Å². The number of likely N-dealkylation sites (tertiary alicyclic amines) is 1. The number of anilines is 1. The Kier molecular flexibility index (Phi) is 7.80. The molecule has 6 nitrogen and oxygen atoms in total. The highest BCUT2D eigenvalue weighted by atomic mass is 19.4. The van der Waals surface area contributed by atoms with Crippen molar-refractivity contribution in [2.45, 2.75) is 31.7 Å². The Morgan fingerprint density at radius 2 is 1.70 bits per heavy atom. The SMILES string of the molecule is O=C(O)CN1CCC2(C1)CN(c1cc(F)c(C3c4ccc(OCc5ccccc5)cc4CCN3CC(F)(F)F)c(F)c1)C2. The van der Waals surface area contributed by atoms with Crippen LogP contribution < -0.4 is 9.64 Å². The van der Waals surface area contributed by atoms with E-state index in [2.05, 4.69) is 0 Å². The standard InChI is InChI=1S/C32H32F5N3O3/c33-26-13-23(40-18-31(19-40)9-11-38(17-31)15-28(41)42)14-27(34)29(26)30-25-7-6-24(43-16-21-4-2-1-3-5-21)12-22(25)8-10-39(30)20-32(35,36)37/h1-7,12-14,30H,8-11,15-20H2,(H,41,42). The number of carboxylic acid groups (broad SMARTS) is 1. The van der Waals surface area contributed by atoms with Gasteiger partial charge in [-0.3, -0.25) is 14.6 Å². The Labute approximate surface area is 246 Å². The van der Waals surface area contributed by atoms with Crippen LogP contribution in [0.15, 0.2) is 60.7 Å². The van der Waals surface area contributed by atoms with Crippen molar-refractivity contribution in [2.24, 2.45) is 5.41 Å². The van der Waals surface area contributed by atoms with E-state index >= 15 is 8.78 Å². The molecule has 2 saturated heterocycles. The van der Waals surface area contributed by atoms with E-state index in [0.29, 0.717) is 55.3 Å². The highest BCUT2D eigenvalue weighted by Crippen LogP contribution is 2.45. The number of aliphatic carboxylic acids is 1. The molecular weight excluding hydrogens is 569 g/mol. The van der Waals surface area contributed by atoms with E-state index in [4.69, 9.17) is 9.84 Å². The largest absolute Gasteiger partial charge is 0.489 e. The zero-order chi connectivity index (χ0) is 30.4. The summed E-state index contributed by atoms with van der Waals surface area (Å²) < 4.78 is 78.3. The number of halogens is 5. The molecule has 0 amide bonds. The van der Waals surface area contributed by atoms with E-state index in [1.54, 1.807) is 18.2 Å². The Bertz CT molecular complexity index is 1470. The van der Waals surface area contributed by atoms with Crippen LogP contribution in [0.4, 0.5) is 27.6 Å². The fourth-order valence-electron chi connectivity index (χ4n) is 6.80. The molecule has 228 valence electrons. The van der Waals surface area contributed by atoms with Gasteiger partial charge in [-0.05, 0) is 60.3 Å². The van der Waals surface area contributed by atoms with Crippen LogP contribution in [0.3, 0.4) is 0 Å². The maximum Gasteiger partial charge on any atom is 0.401 e. The molecule has 0 radical (unpaired) electrons. The summed E-state index contributed by atoms with van der Waals surface area (Å²) in [5.41, 5.74) is 1.85. The van der Waals surface area contributed by atoms with E-state index < -0.39 is 41.9 Å². The summed E-state index contributed by atoms with van der Waals surface area (Å²) >= 11 is 0. The number of hydrogen-bond acceptors (Lipinski definition) is 5. The van der Waals surface area contributed by atoms with Gasteiger partial charge in [0.15, 0.2) is 0 Å². The Morgan fingerprint density at radius 1 is 0.977 bits per heavy atom. The lowest BCUT2D eigenvalue weighted by Crippen LogP contribution is -2.58. The summed E-state index contributed by atoms with van der Waals surface area (Å²) in [5, 5.41) is 9.07. The van der Waals surface area contributed by atoms with E-state index in [-0.39, 0.29) is 24.9 Å². The first-order valence-electron chi connectivity index (χ1n) is 14.3. The summed E-state index contributed by atoms with van der Waals surface area (Å²) in [5.74, 6) is -2.16. The van der Waals surface area contributed by atoms with Gasteiger partial charge < -0.3 is 14.7 Å². The van der Waals surface area contributed by atoms with E-state index in [0.717, 1.165) is 16.9 Å². The fourth-order valence-corrected chi connectivity index (χ4v) is 6.80. The van der Waals surface area contributed by atoms with Crippen molar-refractivity contribution in [3.8, 4) is 5.75 Å². The molecule has 3 aromatic rings. The molecular formula is C32H32F5N3O3. The first-order chi connectivity index (χ1) is 20.5. The van der Waals surface area contributed by atoms with Crippen LogP contribution in [0.25, 0.3) is 0 Å². The zero-order valence-electron chi connectivity index (χ0n) is 23.4. The van der Waals surface area contributed by atoms with Gasteiger partial charge in [-0.2, -0.15) is 13.2 Å². The molecule has 0 aromatic heterocycles. The third-order valence-electron chi connectivity index (χ3n) is 8.70. The molecule has 1 N–H and O–H groups in total. The average molecular weight is 602 g/mol. The molecule has 6 rings (SSSR count). The van der Waals surface area contributed by atoms with Gasteiger partial charge in [0, 0.05) is 42.8 Å². The highest BCUT2D eigenvalue weighted by Gasteiger charge is 2.48. The van der Waals surface area contributed by atoms with Gasteiger partial charge in [0.05, 0.1) is 19.1 Å². The second-order valence-electron chi connectivity index (χ2n) is 11.9. The third-order valence-corrected chi connectivity index (χ3v) is 8.70. The molecule has 3 heterocycles. The van der Waals surface area contributed by atoms with Gasteiger partial charge in [0.2, 0.25) is 0 Å². The molecule has 3 aliphatic heterocycles. The molecule has 1 unspecified atom stereocenters. The second kappa shape index (κ2) is 11.4. The molecule has 43 heavy (non-hydrogen) atoms. The Morgan fingerprint density at radius 3 is 2.37 bits per heavy atom. The van der Waals surface area contributed by atoms with E-state index in [1.165, 1.54) is 12.1 Å². The van der Waals surface area contributed by atoms with E-state index in [1.807, 2.05) is 40.1 Å². The van der Waals surface area contributed by atoms with Crippen molar-refractivity contribution in [1.29, 1.82) is 0 Å². The molecule has 0 aliphatic carbocycles. The van der Waals surface area contributed by atoms with Crippen LogP contribution in [0.1, 0.15) is 34.7 Å². The number of nitrogens with zero attached hydrogens (tertiary/aromatic N) is 3. The number of rotatable bonds is 8. The van der Waals surface area contributed by atoms with Crippen LogP contribution >= 0.6 is 0 Å². The van der Waals surface area contributed by atoms with Gasteiger partial charge in [-0.25, -0.2) is 8.78 Å². The summed E-state index contributed by atoms with van der Waals surface area (Å²) in [4.78, 5) is 15.8. The first-order valence-corrected chi connectivity index (χ1v) is 14.3. The maximum atomic E-state index is 15.8. The van der Waals surface area contributed by atoms with Crippen molar-refractivity contribution >= 4 is 11.7 Å². The van der Waals surface area contributed by atoms with Crippen molar-refractivity contribution in [1.82, 2.24) is 9.80 Å². The van der Waals surface area contributed by atoms with Gasteiger partial charge in [-0.1, -0.05) is 36.4 Å². The molecule has 0 bridgehead atoms. The first kappa shape index (κ1) is 29.4. The third kappa shape index (κ3) is 6.33. The summed E-state index contributed by atoms with van der Waals surface area (Å²) in [6.07, 6.45) is -3.48. The Balaban J connectivity index is 1.25. The lowest BCUT2D eigenvalue weighted by Gasteiger charge is -2.49. The van der Waals surface area contributed by atoms with Crippen molar-refractivity contribution in [2.75, 3.05) is 50.7 Å². The van der Waals surface area contributed by atoms with Crippen LogP contribution in [-0.4, -0.2) is 72.9 Å². The van der Waals surface area contributed by atoms with Crippen molar-refractivity contribution < 1.29 is 36.6 Å². The lowest BCUT2D eigenvalue weighted by atomic mass is 9.78. The summed E-state index contributed by atoms with van der Waals surface area (Å²) in [6.45, 7) is 1.24. The normalized spacial score (nSPS) is 20.2. The van der Waals surface area contributed by atoms with Gasteiger partial charge in [-0.15, -0.1) is 0 Å². The molecule has 0 saturated carbocycles. The number of ether oxygens (including phenoxy) is 1. The predicted molar refractivity (Wildman–Crippen MR) is 150 cm³/mol. The zero-order valence-corrected chi connectivity index (χ0v) is 23.4. The minimum atomic E-state index is -4.55. The smallest absolute Gasteiger partial charge is 0.401 e. The number of benzene rings is 3. The van der Waals surface area contributed by atoms with Crippen LogP contribution in [0.5, 0.6) is 5.75 Å². The average Bonchev–Trinajstić information content (AvgIpc) is 3.35. The quantitative estimate of drug-likeness (QED) is 0.337. The molecule has 1 spiro atoms. The fraction of sp³-hybridized carbons (Fsp3) is 0.406. The minimum Gasteiger partial charge on any atom is -0.489 e. The highest BCUT2D eigenvalue weighted by molar-refractivity contribution is 5.69. The topological polar surface area (TPSA) is 56.3 Å². The number of carboxylic acids is 1. The predicted octanol–water partition coefficient (Wildman–Crippen LogP) is 5.65. The molecule has 11 heteroatoms. The summed E-state index contributed by atoms with van der Waals surface area (Å²) in [7, 11) is 0. The van der Waals surface area contributed by atoms with Crippen LogP contribution in [0.2, 0.25) is 0 Å². The maximum absolute atomic E-state index is 15.8. The molecule has 3 aromatic carbocycles. The van der Waals surface area contributed by atoms with Crippen LogP contribution in [0, 0.1) is 17.0 Å². The number of alkyl halides is 3. The van der Waals surface area contributed by atoms with Gasteiger partial charge in [0.25, 0.3) is 0 Å². The number of carbonyl (C=O) groups is 1. The van der Waals surface area contributed by atoms with Crippen molar-refractivity contribution in [3.05, 3.63) is 94.6 Å². The summed E-state index contributed by atoms with van der Waals surface area (Å²) in [6, 6.07) is 15.6. The second-order valence-corrected chi connectivity index (χ2v) is 11.9. The van der Waals surface area contributed by atoms with Gasteiger partial charge >= 0.3 is 12.1 Å². The number of fused-ring (bicyclic) bond motifs is 1. The number of hydrogen-bond donors (Lipinski definition) is 1. The molecule has 2 fully saturated rings. The van der Waals surface area contributed by atoms with Crippen molar-refractivity contribution in [3.63, 3.8) is 0 Å². The molecule has 1 atom stereocenters. The van der Waals surface area contributed by atoms with Gasteiger partial charge in [0.1, 0.15) is 24.0 Å². The monoisotopic (exact) mass is 601 g/mol. The molecule has 3 aliphatic rings. The lowest BCUT2D eigenvalue weighted by molar-refractivity contribution is -0.150. The minimum absolute atomic E-state index is 0.0264. The Hall–Kier alpha value is -3.70.